The number of rotatable bonds is 3. The van der Waals surface area contributed by atoms with Gasteiger partial charge in [-0.1, -0.05) is 36.4 Å². The van der Waals surface area contributed by atoms with Crippen LogP contribution in [-0.4, -0.2) is 24.4 Å². The van der Waals surface area contributed by atoms with Crippen molar-refractivity contribution in [3.05, 3.63) is 60.2 Å². The Morgan fingerprint density at radius 2 is 1.86 bits per heavy atom. The summed E-state index contributed by atoms with van der Waals surface area (Å²) in [6.07, 6.45) is 0.900. The number of benzene rings is 2. The molecule has 0 saturated heterocycles. The summed E-state index contributed by atoms with van der Waals surface area (Å²) in [5.41, 5.74) is 3.23. The Hall–Kier alpha value is -2.00. The summed E-state index contributed by atoms with van der Waals surface area (Å²) < 4.78 is 0. The third kappa shape index (κ3) is 3.03. The first-order chi connectivity index (χ1) is 10.3. The number of halogens is 1. The van der Waals surface area contributed by atoms with Crippen molar-refractivity contribution in [2.45, 2.75) is 12.5 Å². The van der Waals surface area contributed by atoms with E-state index in [1.165, 1.54) is 5.56 Å². The fourth-order valence-electron chi connectivity index (χ4n) is 2.77. The first-order valence-electron chi connectivity index (χ1n) is 7.04. The van der Waals surface area contributed by atoms with Gasteiger partial charge in [0.05, 0.1) is 0 Å². The summed E-state index contributed by atoms with van der Waals surface area (Å²) >= 11 is 5.75. The molecule has 1 aliphatic heterocycles. The van der Waals surface area contributed by atoms with Crippen molar-refractivity contribution in [1.82, 2.24) is 0 Å². The van der Waals surface area contributed by atoms with Crippen molar-refractivity contribution in [2.24, 2.45) is 0 Å². The summed E-state index contributed by atoms with van der Waals surface area (Å²) in [4.78, 5) is 13.9. The summed E-state index contributed by atoms with van der Waals surface area (Å²) in [7, 11) is 0. The van der Waals surface area contributed by atoms with Gasteiger partial charge in [0.25, 0.3) is 0 Å². The van der Waals surface area contributed by atoms with Crippen LogP contribution >= 0.6 is 11.6 Å². The van der Waals surface area contributed by atoms with Crippen molar-refractivity contribution in [2.75, 3.05) is 22.6 Å². The number of amides is 1. The van der Waals surface area contributed by atoms with Gasteiger partial charge < -0.3 is 10.2 Å². The zero-order valence-electron chi connectivity index (χ0n) is 11.6. The van der Waals surface area contributed by atoms with E-state index in [2.05, 4.69) is 11.4 Å². The second kappa shape index (κ2) is 6.19. The van der Waals surface area contributed by atoms with Crippen LogP contribution in [0.2, 0.25) is 0 Å². The lowest BCUT2D eigenvalue weighted by Gasteiger charge is -2.35. The molecule has 0 aromatic heterocycles. The number of carbonyl (C=O) groups excluding carboxylic acids is 1. The zero-order chi connectivity index (χ0) is 14.7. The highest BCUT2D eigenvalue weighted by molar-refractivity contribution is 6.29. The summed E-state index contributed by atoms with van der Waals surface area (Å²) in [5, 5.41) is 3.49. The van der Waals surface area contributed by atoms with E-state index in [0.29, 0.717) is 6.54 Å². The number of nitrogens with zero attached hydrogens (tertiary/aromatic N) is 1. The average molecular weight is 301 g/mol. The Bertz CT molecular complexity index is 630. The quantitative estimate of drug-likeness (QED) is 0.882. The van der Waals surface area contributed by atoms with Crippen LogP contribution in [0.1, 0.15) is 5.56 Å². The highest BCUT2D eigenvalue weighted by Gasteiger charge is 2.27. The van der Waals surface area contributed by atoms with Gasteiger partial charge in [0, 0.05) is 24.0 Å². The molecule has 1 atom stereocenters. The largest absolute Gasteiger partial charge is 0.380 e. The van der Waals surface area contributed by atoms with Gasteiger partial charge in [-0.3, -0.25) is 4.79 Å². The second-order valence-corrected chi connectivity index (χ2v) is 5.45. The van der Waals surface area contributed by atoms with E-state index in [4.69, 9.17) is 11.6 Å². The predicted molar refractivity (Wildman–Crippen MR) is 87.1 cm³/mol. The first kappa shape index (κ1) is 14.0. The Labute approximate surface area is 129 Å². The minimum Gasteiger partial charge on any atom is -0.380 e. The monoisotopic (exact) mass is 300 g/mol. The van der Waals surface area contributed by atoms with Gasteiger partial charge in [-0.2, -0.15) is 0 Å². The van der Waals surface area contributed by atoms with Gasteiger partial charge in [0.15, 0.2) is 0 Å². The molecule has 0 bridgehead atoms. The Morgan fingerprint density at radius 3 is 2.62 bits per heavy atom. The number of hydrogen-bond acceptors (Lipinski definition) is 2. The van der Waals surface area contributed by atoms with Gasteiger partial charge in [0.2, 0.25) is 5.91 Å². The number of carbonyl (C=O) groups is 1. The van der Waals surface area contributed by atoms with Gasteiger partial charge in [-0.15, -0.1) is 11.6 Å². The molecule has 2 aromatic rings. The highest BCUT2D eigenvalue weighted by Crippen LogP contribution is 2.28. The molecule has 1 unspecified atom stereocenters. The Morgan fingerprint density at radius 1 is 1.14 bits per heavy atom. The number of nitrogens with one attached hydrogen (secondary N) is 1. The van der Waals surface area contributed by atoms with Crippen LogP contribution < -0.4 is 10.2 Å². The third-order valence-corrected chi connectivity index (χ3v) is 3.94. The number of alkyl halides is 1. The van der Waals surface area contributed by atoms with Crippen LogP contribution in [0.5, 0.6) is 0 Å². The van der Waals surface area contributed by atoms with Crippen LogP contribution in [0.3, 0.4) is 0 Å². The molecule has 1 N–H and O–H groups in total. The minimum absolute atomic E-state index is 0.00634. The number of anilines is 2. The molecule has 0 fully saturated rings. The SMILES string of the molecule is O=C(CCl)N1CC(Nc2ccccc2)Cc2ccccc21. The minimum atomic E-state index is -0.0521. The molecule has 3 nitrogen and oxygen atoms in total. The van der Waals surface area contributed by atoms with Crippen molar-refractivity contribution in [3.63, 3.8) is 0 Å². The molecule has 4 heteroatoms. The van der Waals surface area contributed by atoms with Crippen LogP contribution in [0.25, 0.3) is 0 Å². The van der Waals surface area contributed by atoms with E-state index in [0.717, 1.165) is 17.8 Å². The fraction of sp³-hybridized carbons (Fsp3) is 0.235. The number of hydrogen-bond donors (Lipinski definition) is 1. The number of para-hydroxylation sites is 2. The molecule has 21 heavy (non-hydrogen) atoms. The smallest absolute Gasteiger partial charge is 0.241 e. The molecule has 1 amide bonds. The average Bonchev–Trinajstić information content (AvgIpc) is 2.54. The van der Waals surface area contributed by atoms with E-state index >= 15 is 0 Å². The summed E-state index contributed by atoms with van der Waals surface area (Å²) in [6, 6.07) is 18.3. The molecule has 1 aliphatic rings. The van der Waals surface area contributed by atoms with Gasteiger partial charge >= 0.3 is 0 Å². The Kier molecular flexibility index (Phi) is 4.11. The van der Waals surface area contributed by atoms with E-state index in [9.17, 15) is 4.79 Å². The molecule has 0 radical (unpaired) electrons. The first-order valence-corrected chi connectivity index (χ1v) is 7.57. The molecular weight excluding hydrogens is 284 g/mol. The van der Waals surface area contributed by atoms with Crippen LogP contribution in [-0.2, 0) is 11.2 Å². The van der Waals surface area contributed by atoms with Gasteiger partial charge in [0.1, 0.15) is 5.88 Å². The van der Waals surface area contributed by atoms with Crippen molar-refractivity contribution in [3.8, 4) is 0 Å². The molecule has 0 spiro atoms. The molecule has 0 aliphatic carbocycles. The standard InChI is InChI=1S/C17H17ClN2O/c18-11-17(21)20-12-15(19-14-7-2-1-3-8-14)10-13-6-4-5-9-16(13)20/h1-9,15,19H,10-12H2. The number of fused-ring (bicyclic) bond motifs is 1. The Balaban J connectivity index is 1.85. The lowest BCUT2D eigenvalue weighted by Crippen LogP contribution is -2.46. The van der Waals surface area contributed by atoms with Crippen molar-refractivity contribution < 1.29 is 4.79 Å². The zero-order valence-corrected chi connectivity index (χ0v) is 12.4. The highest BCUT2D eigenvalue weighted by atomic mass is 35.5. The fourth-order valence-corrected chi connectivity index (χ4v) is 2.91. The lowest BCUT2D eigenvalue weighted by molar-refractivity contribution is -0.116. The van der Waals surface area contributed by atoms with Crippen molar-refractivity contribution in [1.29, 1.82) is 0 Å². The van der Waals surface area contributed by atoms with Crippen LogP contribution in [0, 0.1) is 0 Å². The second-order valence-electron chi connectivity index (χ2n) is 5.18. The molecular formula is C17H17ClN2O. The van der Waals surface area contributed by atoms with Gasteiger partial charge in [-0.05, 0) is 30.2 Å². The maximum Gasteiger partial charge on any atom is 0.241 e. The predicted octanol–water partition coefficient (Wildman–Crippen LogP) is 3.30. The summed E-state index contributed by atoms with van der Waals surface area (Å²) in [6.45, 7) is 0.636. The van der Waals surface area contributed by atoms with E-state index in [1.54, 1.807) is 4.90 Å². The van der Waals surface area contributed by atoms with Gasteiger partial charge in [-0.25, -0.2) is 0 Å². The van der Waals surface area contributed by atoms with Crippen LogP contribution in [0.4, 0.5) is 11.4 Å². The van der Waals surface area contributed by atoms with E-state index in [-0.39, 0.29) is 17.8 Å². The molecule has 3 rings (SSSR count). The molecule has 0 saturated carbocycles. The molecule has 108 valence electrons. The van der Waals surface area contributed by atoms with E-state index < -0.39 is 0 Å². The topological polar surface area (TPSA) is 32.3 Å². The van der Waals surface area contributed by atoms with E-state index in [1.807, 2.05) is 48.5 Å². The normalized spacial score (nSPS) is 17.2. The molecule has 2 aromatic carbocycles. The molecule has 1 heterocycles. The summed E-state index contributed by atoms with van der Waals surface area (Å²) in [5.74, 6) is -0.0458. The van der Waals surface area contributed by atoms with Crippen LogP contribution in [0.15, 0.2) is 54.6 Å². The third-order valence-electron chi connectivity index (χ3n) is 3.71. The van der Waals surface area contributed by atoms with Crippen molar-refractivity contribution >= 4 is 28.9 Å². The maximum absolute atomic E-state index is 12.1. The maximum atomic E-state index is 12.1. The lowest BCUT2D eigenvalue weighted by atomic mass is 9.97.